The molecule has 0 aromatic carbocycles. The number of allylic oxidation sites excluding steroid dienone is 1. The molecule has 0 fully saturated rings. The third-order valence-corrected chi connectivity index (χ3v) is 8.22. The van der Waals surface area contributed by atoms with E-state index >= 15 is 0 Å². The third kappa shape index (κ3) is 12.3. The van der Waals surface area contributed by atoms with Gasteiger partial charge in [0.2, 0.25) is 0 Å². The molecule has 0 atom stereocenters. The predicted octanol–water partition coefficient (Wildman–Crippen LogP) is 10.4. The molecular weight excluding hydrogens is 791 g/mol. The molecule has 6 aromatic rings. The number of alkyl halides is 3. The Morgan fingerprint density at radius 3 is 2.08 bits per heavy atom. The number of hydrogen-bond donors (Lipinski definition) is 0. The molecule has 0 unspecified atom stereocenters. The maximum atomic E-state index is 12.7. The molecule has 0 aliphatic heterocycles. The Bertz CT molecular complexity index is 2030. The first-order valence-electron chi connectivity index (χ1n) is 15.8. The summed E-state index contributed by atoms with van der Waals surface area (Å²) in [6.45, 7) is 2.19. The van der Waals surface area contributed by atoms with Crippen LogP contribution in [0.3, 0.4) is 0 Å². The first-order chi connectivity index (χ1) is 24.8. The molecule has 0 spiro atoms. The van der Waals surface area contributed by atoms with E-state index < -0.39 is 11.9 Å². The molecule has 52 heavy (non-hydrogen) atoms. The largest absolute Gasteiger partial charge is 2.00 e. The SMILES string of the molecule is CCCCCCc1ccsc1-c1ccnc(-c2cc(C(F)(F)F)n[n-]2)c1.N#C/C=C\c1cc(-c2ccccn2)nc(-c2ccccn2)c1.[N-]=C=S.[Ru+2]. The van der Waals surface area contributed by atoms with Crippen LogP contribution in [0.25, 0.3) is 56.1 Å². The number of aromatic nitrogens is 6. The number of pyridine rings is 4. The van der Waals surface area contributed by atoms with Crippen LogP contribution in [0.15, 0.2) is 103 Å². The summed E-state index contributed by atoms with van der Waals surface area (Å²) in [4.78, 5) is 18.6. The Balaban J connectivity index is 0.000000259. The third-order valence-electron chi connectivity index (χ3n) is 7.21. The molecule has 0 aliphatic rings. The Morgan fingerprint density at radius 1 is 0.865 bits per heavy atom. The smallest absolute Gasteiger partial charge is 0.753 e. The van der Waals surface area contributed by atoms with Crippen molar-refractivity contribution in [3.8, 4) is 50.7 Å². The van der Waals surface area contributed by atoms with Gasteiger partial charge >= 0.3 is 25.7 Å². The number of thiocarbonyl (C=S) groups is 1. The molecule has 0 aliphatic carbocycles. The summed E-state index contributed by atoms with van der Waals surface area (Å²) in [5.41, 5.74) is 5.72. The predicted molar refractivity (Wildman–Crippen MR) is 198 cm³/mol. The Labute approximate surface area is 322 Å². The van der Waals surface area contributed by atoms with Crippen molar-refractivity contribution in [1.82, 2.24) is 30.1 Å². The molecule has 6 rings (SSSR count). The zero-order valence-corrected chi connectivity index (χ0v) is 31.2. The number of unbranched alkanes of at least 4 members (excludes halogenated alkanes) is 3. The fourth-order valence-electron chi connectivity index (χ4n) is 4.87. The Hall–Kier alpha value is -5.05. The Morgan fingerprint density at radius 2 is 1.52 bits per heavy atom. The van der Waals surface area contributed by atoms with Gasteiger partial charge in [-0.15, -0.1) is 11.3 Å². The van der Waals surface area contributed by atoms with E-state index in [-0.39, 0.29) is 25.2 Å². The normalized spacial score (nSPS) is 10.5. The van der Waals surface area contributed by atoms with E-state index in [9.17, 15) is 13.2 Å². The molecule has 8 nitrogen and oxygen atoms in total. The van der Waals surface area contributed by atoms with E-state index in [0.29, 0.717) is 5.69 Å². The maximum Gasteiger partial charge on any atom is 2.00 e. The zero-order chi connectivity index (χ0) is 36.5. The van der Waals surface area contributed by atoms with E-state index in [4.69, 9.17) is 10.7 Å². The van der Waals surface area contributed by atoms with Gasteiger partial charge in [0.05, 0.1) is 34.5 Å². The number of isothiocyanates is 1. The average molecular weight is 822 g/mol. The molecule has 0 bridgehead atoms. The monoisotopic (exact) mass is 822 g/mol. The average Bonchev–Trinajstić information content (AvgIpc) is 3.85. The first-order valence-corrected chi connectivity index (χ1v) is 17.1. The van der Waals surface area contributed by atoms with Crippen LogP contribution in [-0.4, -0.2) is 30.2 Å². The molecule has 14 heteroatoms. The molecule has 0 saturated heterocycles. The molecule has 6 aromatic heterocycles. The standard InChI is InChI=1S/C19H19F3N3S.C18H12N4.CNS.Ru/c1-2-3-4-5-6-13-8-10-26-18(13)14-7-9-23-15(11-14)16-12-17(25-24-16)19(20,21)22;19-9-5-6-14-12-17(15-7-1-3-10-20-15)22-18(13-14)16-8-2-4-11-21-16;2-1-3;/h7-12H,2-6H2,1H3;1-8,10-13H;;/q-1;;-1;+2/b;6-5-;;. The fraction of sp³-hybridized carbons (Fsp3) is 0.184. The fourth-order valence-corrected chi connectivity index (χ4v) is 5.82. The van der Waals surface area contributed by atoms with Crippen LogP contribution >= 0.6 is 23.6 Å². The van der Waals surface area contributed by atoms with Crippen molar-refractivity contribution < 1.29 is 32.6 Å². The summed E-state index contributed by atoms with van der Waals surface area (Å²) in [6.07, 6.45) is 9.54. The van der Waals surface area contributed by atoms with Gasteiger partial charge in [0.15, 0.2) is 0 Å². The van der Waals surface area contributed by atoms with Gasteiger partial charge in [-0.2, -0.15) is 23.6 Å². The number of halogens is 3. The van der Waals surface area contributed by atoms with Gasteiger partial charge in [0.1, 0.15) is 5.69 Å². The molecule has 0 N–H and O–H groups in total. The summed E-state index contributed by atoms with van der Waals surface area (Å²) < 4.78 is 38.2. The van der Waals surface area contributed by atoms with E-state index in [1.54, 1.807) is 42.1 Å². The van der Waals surface area contributed by atoms with Gasteiger partial charge in [-0.1, -0.05) is 56.2 Å². The first kappa shape index (κ1) is 41.4. The Kier molecular flexibility index (Phi) is 17.0. The van der Waals surface area contributed by atoms with Gasteiger partial charge in [0, 0.05) is 29.5 Å². The van der Waals surface area contributed by atoms with E-state index in [2.05, 4.69) is 60.7 Å². The van der Waals surface area contributed by atoms with Crippen molar-refractivity contribution in [2.24, 2.45) is 0 Å². The maximum absolute atomic E-state index is 12.7. The summed E-state index contributed by atoms with van der Waals surface area (Å²) in [6, 6.07) is 23.9. The minimum atomic E-state index is -4.50. The quantitative estimate of drug-likeness (QED) is 0.0440. The zero-order valence-electron chi connectivity index (χ0n) is 27.8. The topological polar surface area (TPSA) is 125 Å². The molecular formula is C38H31F3N8RuS2. The van der Waals surface area contributed by atoms with Crippen LogP contribution in [0.4, 0.5) is 13.2 Å². The summed E-state index contributed by atoms with van der Waals surface area (Å²) >= 11 is 5.34. The van der Waals surface area contributed by atoms with Crippen LogP contribution in [0.2, 0.25) is 0 Å². The van der Waals surface area contributed by atoms with Crippen molar-refractivity contribution >= 4 is 34.8 Å². The molecule has 0 saturated carbocycles. The number of thiophene rings is 1. The van der Waals surface area contributed by atoms with Gasteiger partial charge < -0.3 is 15.6 Å². The van der Waals surface area contributed by atoms with Crippen LogP contribution in [0.5, 0.6) is 0 Å². The number of aryl methyl sites for hydroxylation is 1. The van der Waals surface area contributed by atoms with E-state index in [1.807, 2.05) is 60.7 Å². The number of nitrogens with zero attached hydrogens (tertiary/aromatic N) is 8. The molecule has 0 radical (unpaired) electrons. The van der Waals surface area contributed by atoms with Gasteiger partial charge in [0.25, 0.3) is 0 Å². The number of hydrogen-bond acceptors (Lipinski definition) is 8. The van der Waals surface area contributed by atoms with Crippen molar-refractivity contribution in [3.63, 3.8) is 0 Å². The van der Waals surface area contributed by atoms with E-state index in [1.165, 1.54) is 36.1 Å². The minimum Gasteiger partial charge on any atom is -0.753 e. The number of nitriles is 1. The van der Waals surface area contributed by atoms with E-state index in [0.717, 1.165) is 57.7 Å². The second kappa shape index (κ2) is 21.3. The summed E-state index contributed by atoms with van der Waals surface area (Å²) in [5, 5.41) is 26.1. The van der Waals surface area contributed by atoms with Crippen molar-refractivity contribution in [2.45, 2.75) is 45.2 Å². The summed E-state index contributed by atoms with van der Waals surface area (Å²) in [7, 11) is 0. The second-order valence-corrected chi connectivity index (χ2v) is 11.9. The van der Waals surface area contributed by atoms with Gasteiger partial charge in [-0.05, 0) is 102 Å². The van der Waals surface area contributed by atoms with Crippen LogP contribution in [0, 0.1) is 11.3 Å². The minimum absolute atomic E-state index is 0. The van der Waals surface area contributed by atoms with Gasteiger partial charge in [-0.25, -0.2) is 4.98 Å². The van der Waals surface area contributed by atoms with Crippen LogP contribution < -0.4 is 5.10 Å². The van der Waals surface area contributed by atoms with Crippen molar-refractivity contribution in [2.75, 3.05) is 0 Å². The summed E-state index contributed by atoms with van der Waals surface area (Å²) in [5.74, 6) is 0. The molecule has 0 amide bonds. The van der Waals surface area contributed by atoms with Crippen LogP contribution in [0.1, 0.15) is 49.4 Å². The van der Waals surface area contributed by atoms with Crippen molar-refractivity contribution in [3.05, 3.63) is 125 Å². The van der Waals surface area contributed by atoms with Gasteiger partial charge in [-0.3, -0.25) is 15.0 Å². The second-order valence-electron chi connectivity index (χ2n) is 10.8. The van der Waals surface area contributed by atoms with Crippen LogP contribution in [-0.2, 0) is 32.1 Å². The number of rotatable bonds is 10. The van der Waals surface area contributed by atoms with Crippen molar-refractivity contribution in [1.29, 1.82) is 5.26 Å². The molecule has 264 valence electrons. The molecule has 6 heterocycles.